The van der Waals surface area contributed by atoms with Gasteiger partial charge in [0.05, 0.1) is 17.1 Å². The third-order valence-electron chi connectivity index (χ3n) is 5.67. The standard InChI is InChI=1S/C22H25N3O4S/c1-13-11-17(26)19(28)20(29-13)22(7-9-30-10-8-22)12-18(27)23-14(2)21-24-15-5-3-4-6-16(15)25-21/h3-6,11,14,28H,7-10,12H2,1-2H3,(H,23,27)(H,24,25)/t14-/m0/s1. The molecule has 3 heterocycles. The summed E-state index contributed by atoms with van der Waals surface area (Å²) in [6.07, 6.45) is 1.45. The second-order valence-electron chi connectivity index (χ2n) is 7.90. The number of H-pyrrole nitrogens is 1. The molecule has 4 rings (SSSR count). The number of hydrogen-bond acceptors (Lipinski definition) is 6. The van der Waals surface area contributed by atoms with Crippen molar-refractivity contribution in [3.8, 4) is 5.75 Å². The molecule has 2 aromatic heterocycles. The summed E-state index contributed by atoms with van der Waals surface area (Å²) >= 11 is 1.80. The number of aryl methyl sites for hydroxylation is 1. The third kappa shape index (κ3) is 3.96. The van der Waals surface area contributed by atoms with E-state index in [9.17, 15) is 14.7 Å². The average Bonchev–Trinajstić information content (AvgIpc) is 3.15. The molecule has 0 bridgehead atoms. The summed E-state index contributed by atoms with van der Waals surface area (Å²) in [6, 6.07) is 8.67. The van der Waals surface area contributed by atoms with Gasteiger partial charge in [-0.3, -0.25) is 9.59 Å². The maximum atomic E-state index is 13.0. The number of aromatic nitrogens is 2. The third-order valence-corrected chi connectivity index (χ3v) is 6.66. The lowest BCUT2D eigenvalue weighted by Gasteiger charge is -2.36. The largest absolute Gasteiger partial charge is 0.502 e. The lowest BCUT2D eigenvalue weighted by Crippen LogP contribution is -2.39. The van der Waals surface area contributed by atoms with Gasteiger partial charge in [0.1, 0.15) is 11.6 Å². The Bertz CT molecular complexity index is 1100. The Morgan fingerprint density at radius 3 is 2.83 bits per heavy atom. The summed E-state index contributed by atoms with van der Waals surface area (Å²) < 4.78 is 5.80. The molecule has 30 heavy (non-hydrogen) atoms. The number of para-hydroxylation sites is 2. The fourth-order valence-corrected chi connectivity index (χ4v) is 5.33. The lowest BCUT2D eigenvalue weighted by molar-refractivity contribution is -0.123. The van der Waals surface area contributed by atoms with Gasteiger partial charge in [-0.2, -0.15) is 11.8 Å². The highest BCUT2D eigenvalue weighted by Crippen LogP contribution is 2.44. The van der Waals surface area contributed by atoms with Crippen molar-refractivity contribution >= 4 is 28.7 Å². The highest BCUT2D eigenvalue weighted by molar-refractivity contribution is 7.99. The van der Waals surface area contributed by atoms with Gasteiger partial charge >= 0.3 is 0 Å². The van der Waals surface area contributed by atoms with Crippen LogP contribution in [0.4, 0.5) is 0 Å². The molecule has 0 spiro atoms. The zero-order valence-corrected chi connectivity index (χ0v) is 17.8. The Morgan fingerprint density at radius 2 is 2.10 bits per heavy atom. The van der Waals surface area contributed by atoms with E-state index in [2.05, 4.69) is 15.3 Å². The minimum atomic E-state index is -0.696. The maximum Gasteiger partial charge on any atom is 0.227 e. The Morgan fingerprint density at radius 1 is 1.37 bits per heavy atom. The van der Waals surface area contributed by atoms with E-state index in [1.54, 1.807) is 18.7 Å². The van der Waals surface area contributed by atoms with E-state index in [0.717, 1.165) is 22.5 Å². The first-order valence-corrected chi connectivity index (χ1v) is 11.2. The van der Waals surface area contributed by atoms with Gasteiger partial charge in [-0.25, -0.2) is 4.98 Å². The molecule has 1 aliphatic heterocycles. The Labute approximate surface area is 178 Å². The summed E-state index contributed by atoms with van der Waals surface area (Å²) in [5.74, 6) is 2.47. The number of benzene rings is 1. The van der Waals surface area contributed by atoms with E-state index in [0.29, 0.717) is 24.4 Å². The summed E-state index contributed by atoms with van der Waals surface area (Å²) in [5, 5.41) is 13.4. The number of fused-ring (bicyclic) bond motifs is 1. The van der Waals surface area contributed by atoms with Crippen molar-refractivity contribution in [3.05, 3.63) is 57.9 Å². The predicted molar refractivity (Wildman–Crippen MR) is 117 cm³/mol. The predicted octanol–water partition coefficient (Wildman–Crippen LogP) is 3.56. The van der Waals surface area contributed by atoms with E-state index in [4.69, 9.17) is 4.42 Å². The molecular weight excluding hydrogens is 402 g/mol. The molecule has 1 fully saturated rings. The van der Waals surface area contributed by atoms with Crippen LogP contribution < -0.4 is 10.7 Å². The molecule has 1 saturated heterocycles. The Balaban J connectivity index is 1.57. The smallest absolute Gasteiger partial charge is 0.227 e. The van der Waals surface area contributed by atoms with E-state index in [1.807, 2.05) is 31.2 Å². The number of amides is 1. The molecule has 1 aliphatic rings. The van der Waals surface area contributed by atoms with Crippen LogP contribution in [0.15, 0.2) is 39.5 Å². The number of nitrogens with one attached hydrogen (secondary N) is 2. The molecule has 3 N–H and O–H groups in total. The monoisotopic (exact) mass is 427 g/mol. The average molecular weight is 428 g/mol. The zero-order chi connectivity index (χ0) is 21.3. The molecule has 0 unspecified atom stereocenters. The van der Waals surface area contributed by atoms with Crippen LogP contribution in [0.2, 0.25) is 0 Å². The molecule has 158 valence electrons. The highest BCUT2D eigenvalue weighted by atomic mass is 32.2. The van der Waals surface area contributed by atoms with Crippen molar-refractivity contribution in [2.45, 2.75) is 44.6 Å². The molecule has 0 radical (unpaired) electrons. The van der Waals surface area contributed by atoms with Crippen LogP contribution in [0, 0.1) is 6.92 Å². The van der Waals surface area contributed by atoms with E-state index < -0.39 is 10.8 Å². The Kier molecular flexibility index (Phi) is 5.60. The molecule has 0 aliphatic carbocycles. The SMILES string of the molecule is Cc1cc(=O)c(O)c(C2(CC(=O)N[C@@H](C)c3nc4ccccc4[nH]3)CCSCC2)o1. The Hall–Kier alpha value is -2.74. The number of carbonyl (C=O) groups excluding carboxylic acids is 1. The van der Waals surface area contributed by atoms with Crippen molar-refractivity contribution in [1.29, 1.82) is 0 Å². The van der Waals surface area contributed by atoms with Crippen LogP contribution in [-0.4, -0.2) is 32.5 Å². The van der Waals surface area contributed by atoms with Crippen molar-refractivity contribution in [3.63, 3.8) is 0 Å². The van der Waals surface area contributed by atoms with Gasteiger partial charge in [0.25, 0.3) is 0 Å². The van der Waals surface area contributed by atoms with Crippen molar-refractivity contribution in [2.24, 2.45) is 0 Å². The molecule has 1 aromatic carbocycles. The van der Waals surface area contributed by atoms with Crippen LogP contribution >= 0.6 is 11.8 Å². The van der Waals surface area contributed by atoms with Gasteiger partial charge < -0.3 is 19.8 Å². The summed E-state index contributed by atoms with van der Waals surface area (Å²) in [6.45, 7) is 3.56. The van der Waals surface area contributed by atoms with Crippen molar-refractivity contribution in [1.82, 2.24) is 15.3 Å². The normalized spacial score (nSPS) is 17.0. The molecule has 1 atom stereocenters. The van der Waals surface area contributed by atoms with Gasteiger partial charge in [-0.1, -0.05) is 12.1 Å². The zero-order valence-electron chi connectivity index (χ0n) is 17.0. The van der Waals surface area contributed by atoms with Crippen LogP contribution in [0.25, 0.3) is 11.0 Å². The maximum absolute atomic E-state index is 13.0. The molecule has 3 aromatic rings. The van der Waals surface area contributed by atoms with Crippen molar-refractivity contribution < 1.29 is 14.3 Å². The number of carbonyl (C=O) groups is 1. The van der Waals surface area contributed by atoms with Gasteiger partial charge in [0.2, 0.25) is 17.1 Å². The molecule has 1 amide bonds. The fourth-order valence-electron chi connectivity index (χ4n) is 4.06. The van der Waals surface area contributed by atoms with E-state index in [-0.39, 0.29) is 29.9 Å². The van der Waals surface area contributed by atoms with Gasteiger partial charge in [0, 0.05) is 17.9 Å². The number of hydrogen-bond donors (Lipinski definition) is 3. The van der Waals surface area contributed by atoms with Crippen LogP contribution in [0.1, 0.15) is 49.6 Å². The molecule has 7 nitrogen and oxygen atoms in total. The summed E-state index contributed by atoms with van der Waals surface area (Å²) in [5.41, 5.74) is 0.599. The number of nitrogens with zero attached hydrogens (tertiary/aromatic N) is 1. The molecule has 8 heteroatoms. The lowest BCUT2D eigenvalue weighted by atomic mass is 9.75. The van der Waals surface area contributed by atoms with Crippen LogP contribution in [0.5, 0.6) is 5.75 Å². The van der Waals surface area contributed by atoms with E-state index >= 15 is 0 Å². The van der Waals surface area contributed by atoms with Crippen LogP contribution in [-0.2, 0) is 10.2 Å². The quantitative estimate of drug-likeness (QED) is 0.575. The van der Waals surface area contributed by atoms with Gasteiger partial charge in [-0.15, -0.1) is 0 Å². The highest BCUT2D eigenvalue weighted by Gasteiger charge is 2.41. The number of aromatic hydroxyl groups is 1. The number of rotatable bonds is 5. The van der Waals surface area contributed by atoms with Crippen molar-refractivity contribution in [2.75, 3.05) is 11.5 Å². The minimum absolute atomic E-state index is 0.137. The first kappa shape index (κ1) is 20.5. The minimum Gasteiger partial charge on any atom is -0.502 e. The first-order valence-electron chi connectivity index (χ1n) is 10.0. The van der Waals surface area contributed by atoms with Crippen LogP contribution in [0.3, 0.4) is 0 Å². The molecule has 0 saturated carbocycles. The van der Waals surface area contributed by atoms with E-state index in [1.165, 1.54) is 6.07 Å². The number of imidazole rings is 1. The fraction of sp³-hybridized carbons (Fsp3) is 0.409. The first-order chi connectivity index (χ1) is 14.4. The summed E-state index contributed by atoms with van der Waals surface area (Å²) in [4.78, 5) is 33.0. The summed E-state index contributed by atoms with van der Waals surface area (Å²) in [7, 11) is 0. The second-order valence-corrected chi connectivity index (χ2v) is 9.12. The second kappa shape index (κ2) is 8.18. The van der Waals surface area contributed by atoms with Gasteiger partial charge in [-0.05, 0) is 50.3 Å². The topological polar surface area (TPSA) is 108 Å². The molecular formula is C22H25N3O4S. The van der Waals surface area contributed by atoms with Gasteiger partial charge in [0.15, 0.2) is 5.76 Å². The number of aromatic amines is 1. The number of thioether (sulfide) groups is 1.